The fourth-order valence-corrected chi connectivity index (χ4v) is 2.34. The van der Waals surface area contributed by atoms with E-state index in [1.54, 1.807) is 6.92 Å². The summed E-state index contributed by atoms with van der Waals surface area (Å²) in [5, 5.41) is 5.34. The molecule has 1 atom stereocenters. The number of rotatable bonds is 3. The monoisotopic (exact) mass is 329 g/mol. The standard InChI is InChI=1S/C15H18F3N3O2/c1-10-13(22)19-8-9-21(10)14(23)20-7-6-11-2-4-12(5-3-11)15(16,17)18/h2-5,10H,6-9H2,1H3,(H,19,22)(H,20,23)/t10-/m0/s1. The molecule has 5 nitrogen and oxygen atoms in total. The molecule has 1 saturated heterocycles. The van der Waals surface area contributed by atoms with Crippen LogP contribution in [0.1, 0.15) is 18.1 Å². The second kappa shape index (κ2) is 6.89. The smallest absolute Gasteiger partial charge is 0.353 e. The first-order valence-electron chi connectivity index (χ1n) is 7.27. The normalized spacial score (nSPS) is 18.5. The first-order chi connectivity index (χ1) is 10.8. The summed E-state index contributed by atoms with van der Waals surface area (Å²) in [4.78, 5) is 24.9. The number of urea groups is 1. The number of benzene rings is 1. The Morgan fingerprint density at radius 1 is 1.35 bits per heavy atom. The van der Waals surface area contributed by atoms with Gasteiger partial charge in [-0.05, 0) is 31.0 Å². The Labute approximate surface area is 131 Å². The molecule has 23 heavy (non-hydrogen) atoms. The van der Waals surface area contributed by atoms with Gasteiger partial charge in [-0.15, -0.1) is 0 Å². The molecule has 8 heteroatoms. The molecule has 1 aromatic rings. The number of nitrogens with zero attached hydrogens (tertiary/aromatic N) is 1. The molecule has 3 amide bonds. The highest BCUT2D eigenvalue weighted by Crippen LogP contribution is 2.29. The molecular weight excluding hydrogens is 311 g/mol. The third kappa shape index (κ3) is 4.37. The van der Waals surface area contributed by atoms with E-state index in [0.717, 1.165) is 12.1 Å². The molecular formula is C15H18F3N3O2. The van der Waals surface area contributed by atoms with Crippen LogP contribution in [0.4, 0.5) is 18.0 Å². The Morgan fingerprint density at radius 2 is 2.00 bits per heavy atom. The maximum absolute atomic E-state index is 12.5. The summed E-state index contributed by atoms with van der Waals surface area (Å²) in [5.74, 6) is -0.200. The zero-order chi connectivity index (χ0) is 17.0. The number of amides is 3. The second-order valence-electron chi connectivity index (χ2n) is 5.34. The van der Waals surface area contributed by atoms with Gasteiger partial charge >= 0.3 is 12.2 Å². The fourth-order valence-electron chi connectivity index (χ4n) is 2.34. The van der Waals surface area contributed by atoms with Crippen LogP contribution in [0.2, 0.25) is 0 Å². The molecule has 0 saturated carbocycles. The largest absolute Gasteiger partial charge is 0.416 e. The van der Waals surface area contributed by atoms with Crippen molar-refractivity contribution in [1.29, 1.82) is 0 Å². The first-order valence-corrected chi connectivity index (χ1v) is 7.27. The highest BCUT2D eigenvalue weighted by molar-refractivity contribution is 5.87. The molecule has 1 heterocycles. The van der Waals surface area contributed by atoms with Gasteiger partial charge in [0.25, 0.3) is 0 Å². The van der Waals surface area contributed by atoms with E-state index >= 15 is 0 Å². The van der Waals surface area contributed by atoms with Crippen molar-refractivity contribution in [1.82, 2.24) is 15.5 Å². The van der Waals surface area contributed by atoms with Crippen LogP contribution in [0.3, 0.4) is 0 Å². The van der Waals surface area contributed by atoms with E-state index in [1.165, 1.54) is 17.0 Å². The second-order valence-corrected chi connectivity index (χ2v) is 5.34. The minimum Gasteiger partial charge on any atom is -0.353 e. The van der Waals surface area contributed by atoms with E-state index in [1.807, 2.05) is 0 Å². The SMILES string of the molecule is C[C@H]1C(=O)NCCN1C(=O)NCCc1ccc(C(F)(F)F)cc1. The highest BCUT2D eigenvalue weighted by atomic mass is 19.4. The summed E-state index contributed by atoms with van der Waals surface area (Å²) < 4.78 is 37.4. The van der Waals surface area contributed by atoms with Gasteiger partial charge in [0.2, 0.25) is 5.91 Å². The van der Waals surface area contributed by atoms with Gasteiger partial charge < -0.3 is 15.5 Å². The lowest BCUT2D eigenvalue weighted by atomic mass is 10.1. The summed E-state index contributed by atoms with van der Waals surface area (Å²) in [6.07, 6.45) is -3.93. The molecule has 0 aromatic heterocycles. The van der Waals surface area contributed by atoms with Crippen LogP contribution in [0, 0.1) is 0 Å². The van der Waals surface area contributed by atoms with Gasteiger partial charge in [0.15, 0.2) is 0 Å². The number of hydrogen-bond donors (Lipinski definition) is 2. The van der Waals surface area contributed by atoms with E-state index in [4.69, 9.17) is 0 Å². The zero-order valence-corrected chi connectivity index (χ0v) is 12.6. The number of carbonyl (C=O) groups is 2. The number of nitrogens with one attached hydrogen (secondary N) is 2. The van der Waals surface area contributed by atoms with Gasteiger partial charge in [-0.3, -0.25) is 4.79 Å². The summed E-state index contributed by atoms with van der Waals surface area (Å²) in [7, 11) is 0. The molecule has 2 N–H and O–H groups in total. The maximum Gasteiger partial charge on any atom is 0.416 e. The van der Waals surface area contributed by atoms with Crippen molar-refractivity contribution < 1.29 is 22.8 Å². The van der Waals surface area contributed by atoms with Gasteiger partial charge in [-0.2, -0.15) is 13.2 Å². The Balaban J connectivity index is 1.82. The van der Waals surface area contributed by atoms with Crippen LogP contribution in [0.5, 0.6) is 0 Å². The number of hydrogen-bond acceptors (Lipinski definition) is 2. The van der Waals surface area contributed by atoms with Crippen molar-refractivity contribution in [2.45, 2.75) is 25.6 Å². The lowest BCUT2D eigenvalue weighted by Crippen LogP contribution is -2.58. The van der Waals surface area contributed by atoms with Crippen molar-refractivity contribution in [2.24, 2.45) is 0 Å². The number of halogens is 3. The molecule has 0 aliphatic carbocycles. The molecule has 1 aliphatic rings. The molecule has 0 unspecified atom stereocenters. The molecule has 1 aromatic carbocycles. The van der Waals surface area contributed by atoms with E-state index in [0.29, 0.717) is 25.1 Å². The Bertz CT molecular complexity index is 572. The number of piperazine rings is 1. The average Bonchev–Trinajstić information content (AvgIpc) is 2.49. The zero-order valence-electron chi connectivity index (χ0n) is 12.6. The molecule has 126 valence electrons. The fraction of sp³-hybridized carbons (Fsp3) is 0.467. The van der Waals surface area contributed by atoms with E-state index in [-0.39, 0.29) is 18.5 Å². The average molecular weight is 329 g/mol. The predicted molar refractivity (Wildman–Crippen MR) is 77.7 cm³/mol. The summed E-state index contributed by atoms with van der Waals surface area (Å²) in [5.41, 5.74) is 0.00109. The summed E-state index contributed by atoms with van der Waals surface area (Å²) in [6.45, 7) is 2.77. The topological polar surface area (TPSA) is 61.4 Å². The van der Waals surface area contributed by atoms with E-state index in [9.17, 15) is 22.8 Å². The lowest BCUT2D eigenvalue weighted by molar-refractivity contribution is -0.137. The van der Waals surface area contributed by atoms with Crippen molar-refractivity contribution in [3.63, 3.8) is 0 Å². The van der Waals surface area contributed by atoms with Crippen molar-refractivity contribution >= 4 is 11.9 Å². The maximum atomic E-state index is 12.5. The van der Waals surface area contributed by atoms with Crippen molar-refractivity contribution in [3.05, 3.63) is 35.4 Å². The van der Waals surface area contributed by atoms with Gasteiger partial charge in [0.05, 0.1) is 5.56 Å². The Kier molecular flexibility index (Phi) is 5.12. The minimum absolute atomic E-state index is 0.200. The number of alkyl halides is 3. The molecule has 1 aliphatic heterocycles. The Morgan fingerprint density at radius 3 is 2.61 bits per heavy atom. The first kappa shape index (κ1) is 17.1. The summed E-state index contributed by atoms with van der Waals surface area (Å²) >= 11 is 0. The van der Waals surface area contributed by atoms with E-state index in [2.05, 4.69) is 10.6 Å². The van der Waals surface area contributed by atoms with Crippen LogP contribution >= 0.6 is 0 Å². The number of carbonyl (C=O) groups excluding carboxylic acids is 2. The Hall–Kier alpha value is -2.25. The van der Waals surface area contributed by atoms with Gasteiger partial charge in [-0.1, -0.05) is 12.1 Å². The van der Waals surface area contributed by atoms with Gasteiger partial charge in [0, 0.05) is 19.6 Å². The van der Waals surface area contributed by atoms with Crippen LogP contribution in [0.15, 0.2) is 24.3 Å². The van der Waals surface area contributed by atoms with Crippen LogP contribution in [-0.2, 0) is 17.4 Å². The molecule has 0 bridgehead atoms. The molecule has 2 rings (SSSR count). The van der Waals surface area contributed by atoms with Crippen LogP contribution in [0.25, 0.3) is 0 Å². The minimum atomic E-state index is -4.35. The predicted octanol–water partition coefficient (Wildman–Crippen LogP) is 1.78. The van der Waals surface area contributed by atoms with Crippen LogP contribution in [-0.4, -0.2) is 42.5 Å². The van der Waals surface area contributed by atoms with Crippen molar-refractivity contribution in [3.8, 4) is 0 Å². The van der Waals surface area contributed by atoms with Gasteiger partial charge in [-0.25, -0.2) is 4.79 Å². The molecule has 1 fully saturated rings. The third-order valence-electron chi connectivity index (χ3n) is 3.73. The van der Waals surface area contributed by atoms with Crippen molar-refractivity contribution in [2.75, 3.05) is 19.6 Å². The highest BCUT2D eigenvalue weighted by Gasteiger charge is 2.30. The quantitative estimate of drug-likeness (QED) is 0.888. The molecule has 0 spiro atoms. The molecule has 0 radical (unpaired) electrons. The van der Waals surface area contributed by atoms with Crippen LogP contribution < -0.4 is 10.6 Å². The third-order valence-corrected chi connectivity index (χ3v) is 3.73. The van der Waals surface area contributed by atoms with E-state index < -0.39 is 17.8 Å². The summed E-state index contributed by atoms with van der Waals surface area (Å²) in [6, 6.07) is 3.95. The lowest BCUT2D eigenvalue weighted by Gasteiger charge is -2.32. The van der Waals surface area contributed by atoms with Gasteiger partial charge in [0.1, 0.15) is 6.04 Å².